The molecule has 0 spiro atoms. The molecule has 0 saturated heterocycles. The third-order valence-electron chi connectivity index (χ3n) is 2.77. The molecule has 2 aromatic heterocycles. The summed E-state index contributed by atoms with van der Waals surface area (Å²) in [6, 6.07) is 3.02. The Balaban J connectivity index is 1.95. The molecular weight excluding hydrogens is 263 g/mol. The van der Waals surface area contributed by atoms with E-state index in [0.717, 1.165) is 28.8 Å². The molecular formula is C13H17FN4S. The summed E-state index contributed by atoms with van der Waals surface area (Å²) in [5.74, 6) is -0.466. The minimum Gasteiger partial charge on any atom is -0.379 e. The monoisotopic (exact) mass is 280 g/mol. The van der Waals surface area contributed by atoms with E-state index in [0.29, 0.717) is 6.54 Å². The molecule has 0 bridgehead atoms. The third-order valence-corrected chi connectivity index (χ3v) is 3.83. The van der Waals surface area contributed by atoms with Crippen molar-refractivity contribution >= 4 is 22.2 Å². The van der Waals surface area contributed by atoms with Gasteiger partial charge in [0.1, 0.15) is 0 Å². The highest BCUT2D eigenvalue weighted by Gasteiger charge is 2.07. The molecule has 0 atom stereocenters. The summed E-state index contributed by atoms with van der Waals surface area (Å²) in [6.07, 6.45) is 3.37. The molecule has 2 aromatic rings. The fourth-order valence-corrected chi connectivity index (χ4v) is 2.67. The molecule has 0 unspecified atom stereocenters. The maximum atomic E-state index is 12.7. The number of nitrogens with zero attached hydrogens (tertiary/aromatic N) is 3. The molecule has 1 N–H and O–H groups in total. The summed E-state index contributed by atoms with van der Waals surface area (Å²) in [4.78, 5) is 11.4. The molecule has 4 nitrogen and oxygen atoms in total. The zero-order chi connectivity index (χ0) is 13.7. The number of aromatic nitrogens is 2. The van der Waals surface area contributed by atoms with Crippen molar-refractivity contribution in [3.63, 3.8) is 0 Å². The van der Waals surface area contributed by atoms with Gasteiger partial charge >= 0.3 is 0 Å². The summed E-state index contributed by atoms with van der Waals surface area (Å²) in [7, 11) is 0. The summed E-state index contributed by atoms with van der Waals surface area (Å²) in [6.45, 7) is 6.82. The number of rotatable bonds is 6. The number of hydrogen-bond donors (Lipinski definition) is 1. The SMILES string of the molecule is CCN(CC)c1ncc(CNc2ccc(F)nc2)s1. The highest BCUT2D eigenvalue weighted by atomic mass is 32.1. The molecule has 2 heterocycles. The van der Waals surface area contributed by atoms with Crippen LogP contribution in [0.3, 0.4) is 0 Å². The van der Waals surface area contributed by atoms with Gasteiger partial charge in [0.2, 0.25) is 5.95 Å². The Bertz CT molecular complexity index is 508. The van der Waals surface area contributed by atoms with Crippen molar-refractivity contribution in [2.24, 2.45) is 0 Å². The van der Waals surface area contributed by atoms with Gasteiger partial charge in [0.25, 0.3) is 0 Å². The molecule has 0 aliphatic carbocycles. The van der Waals surface area contributed by atoms with Gasteiger partial charge in [-0.3, -0.25) is 0 Å². The average molecular weight is 280 g/mol. The van der Waals surface area contributed by atoms with Gasteiger partial charge in [0.05, 0.1) is 18.4 Å². The fourth-order valence-electron chi connectivity index (χ4n) is 1.69. The van der Waals surface area contributed by atoms with Crippen LogP contribution < -0.4 is 10.2 Å². The number of nitrogens with one attached hydrogen (secondary N) is 1. The molecule has 0 amide bonds. The minimum atomic E-state index is -0.466. The zero-order valence-electron chi connectivity index (χ0n) is 11.1. The first-order chi connectivity index (χ1) is 9.22. The van der Waals surface area contributed by atoms with Gasteiger partial charge < -0.3 is 10.2 Å². The standard InChI is InChI=1S/C13H17FN4S/c1-3-18(4-2)13-17-9-11(19-13)8-15-10-5-6-12(14)16-7-10/h5-7,9,15H,3-4,8H2,1-2H3. The van der Waals surface area contributed by atoms with Gasteiger partial charge in [0.15, 0.2) is 5.13 Å². The van der Waals surface area contributed by atoms with E-state index in [1.165, 1.54) is 12.3 Å². The number of pyridine rings is 1. The van der Waals surface area contributed by atoms with E-state index in [-0.39, 0.29) is 0 Å². The highest BCUT2D eigenvalue weighted by molar-refractivity contribution is 7.15. The summed E-state index contributed by atoms with van der Waals surface area (Å²) < 4.78 is 12.7. The van der Waals surface area contributed by atoms with Crippen LogP contribution in [-0.4, -0.2) is 23.1 Å². The predicted octanol–water partition coefficient (Wildman–Crippen LogP) is 3.14. The van der Waals surface area contributed by atoms with Crippen LogP contribution >= 0.6 is 11.3 Å². The van der Waals surface area contributed by atoms with Crippen LogP contribution in [0.4, 0.5) is 15.2 Å². The molecule has 0 radical (unpaired) electrons. The van der Waals surface area contributed by atoms with Gasteiger partial charge in [-0.1, -0.05) is 0 Å². The number of anilines is 2. The van der Waals surface area contributed by atoms with Crippen molar-refractivity contribution < 1.29 is 4.39 Å². The van der Waals surface area contributed by atoms with Crippen LogP contribution in [0, 0.1) is 5.95 Å². The molecule has 0 fully saturated rings. The van der Waals surface area contributed by atoms with E-state index in [4.69, 9.17) is 0 Å². The van der Waals surface area contributed by atoms with E-state index in [2.05, 4.69) is 34.0 Å². The predicted molar refractivity (Wildman–Crippen MR) is 77.2 cm³/mol. The topological polar surface area (TPSA) is 41.1 Å². The fraction of sp³-hybridized carbons (Fsp3) is 0.385. The zero-order valence-corrected chi connectivity index (χ0v) is 11.9. The van der Waals surface area contributed by atoms with Gasteiger partial charge in [-0.2, -0.15) is 4.39 Å². The van der Waals surface area contributed by atoms with Crippen LogP contribution in [0.2, 0.25) is 0 Å². The Hall–Kier alpha value is -1.69. The molecule has 0 aliphatic rings. The van der Waals surface area contributed by atoms with Gasteiger partial charge in [-0.05, 0) is 26.0 Å². The maximum Gasteiger partial charge on any atom is 0.212 e. The maximum absolute atomic E-state index is 12.7. The van der Waals surface area contributed by atoms with Gasteiger partial charge in [-0.25, -0.2) is 9.97 Å². The molecule has 0 aromatic carbocycles. The first kappa shape index (κ1) is 13.7. The van der Waals surface area contributed by atoms with E-state index < -0.39 is 5.95 Å². The smallest absolute Gasteiger partial charge is 0.212 e. The second-order valence-corrected chi connectivity index (χ2v) is 5.10. The van der Waals surface area contributed by atoms with E-state index in [9.17, 15) is 4.39 Å². The van der Waals surface area contributed by atoms with Crippen molar-refractivity contribution in [2.75, 3.05) is 23.3 Å². The van der Waals surface area contributed by atoms with Crippen LogP contribution in [0.5, 0.6) is 0 Å². The third kappa shape index (κ3) is 3.64. The average Bonchev–Trinajstić information content (AvgIpc) is 2.88. The number of halogens is 1. The van der Waals surface area contributed by atoms with Crippen molar-refractivity contribution in [3.05, 3.63) is 35.4 Å². The Morgan fingerprint density at radius 3 is 2.63 bits per heavy atom. The summed E-state index contributed by atoms with van der Waals surface area (Å²) >= 11 is 1.67. The van der Waals surface area contributed by atoms with Crippen molar-refractivity contribution in [2.45, 2.75) is 20.4 Å². The Morgan fingerprint density at radius 1 is 1.21 bits per heavy atom. The van der Waals surface area contributed by atoms with Crippen molar-refractivity contribution in [1.82, 2.24) is 9.97 Å². The molecule has 0 aliphatic heterocycles. The second-order valence-electron chi connectivity index (χ2n) is 4.00. The first-order valence-corrected chi connectivity index (χ1v) is 7.09. The first-order valence-electron chi connectivity index (χ1n) is 6.28. The molecule has 2 rings (SSSR count). The largest absolute Gasteiger partial charge is 0.379 e. The van der Waals surface area contributed by atoms with Crippen LogP contribution in [0.1, 0.15) is 18.7 Å². The van der Waals surface area contributed by atoms with Crippen LogP contribution in [0.25, 0.3) is 0 Å². The van der Waals surface area contributed by atoms with E-state index in [1.54, 1.807) is 17.4 Å². The van der Waals surface area contributed by atoms with E-state index >= 15 is 0 Å². The van der Waals surface area contributed by atoms with Crippen LogP contribution in [-0.2, 0) is 6.54 Å². The van der Waals surface area contributed by atoms with Gasteiger partial charge in [0, 0.05) is 24.2 Å². The lowest BCUT2D eigenvalue weighted by Crippen LogP contribution is -2.21. The minimum absolute atomic E-state index is 0.466. The van der Waals surface area contributed by atoms with Crippen molar-refractivity contribution in [1.29, 1.82) is 0 Å². The summed E-state index contributed by atoms with van der Waals surface area (Å²) in [5, 5.41) is 4.24. The Kier molecular flexibility index (Phi) is 4.68. The molecule has 0 saturated carbocycles. The Morgan fingerprint density at radius 2 is 2.00 bits per heavy atom. The molecule has 19 heavy (non-hydrogen) atoms. The molecule has 6 heteroatoms. The summed E-state index contributed by atoms with van der Waals surface area (Å²) in [5.41, 5.74) is 0.805. The van der Waals surface area contributed by atoms with Crippen molar-refractivity contribution in [3.8, 4) is 0 Å². The van der Waals surface area contributed by atoms with Gasteiger partial charge in [-0.15, -0.1) is 11.3 Å². The van der Waals surface area contributed by atoms with E-state index in [1.807, 2.05) is 6.20 Å². The molecule has 102 valence electrons. The lowest BCUT2D eigenvalue weighted by molar-refractivity contribution is 0.584. The Labute approximate surface area is 116 Å². The lowest BCUT2D eigenvalue weighted by atomic mass is 10.4. The quantitative estimate of drug-likeness (QED) is 0.825. The normalized spacial score (nSPS) is 10.5. The highest BCUT2D eigenvalue weighted by Crippen LogP contribution is 2.22. The number of thiazole rings is 1. The van der Waals surface area contributed by atoms with Crippen LogP contribution in [0.15, 0.2) is 24.5 Å². The second kappa shape index (κ2) is 6.47. The number of hydrogen-bond acceptors (Lipinski definition) is 5. The lowest BCUT2D eigenvalue weighted by Gasteiger charge is -2.16.